The molecule has 0 bridgehead atoms. The first kappa shape index (κ1) is 23.3. The molecule has 1 aromatic carbocycles. The first-order valence-electron chi connectivity index (χ1n) is 9.79. The fraction of sp³-hybridized carbons (Fsp3) is 0.381. The zero-order valence-electron chi connectivity index (χ0n) is 17.7. The lowest BCUT2D eigenvalue weighted by Crippen LogP contribution is -2.38. The Labute approximate surface area is 189 Å². The van der Waals surface area contributed by atoms with E-state index in [1.807, 2.05) is 19.1 Å². The van der Waals surface area contributed by atoms with Crippen molar-refractivity contribution in [2.24, 2.45) is 5.73 Å². The summed E-state index contributed by atoms with van der Waals surface area (Å²) in [5.74, 6) is -0.648. The Bertz CT molecular complexity index is 1060. The van der Waals surface area contributed by atoms with Crippen LogP contribution in [0.2, 0.25) is 5.02 Å². The highest BCUT2D eigenvalue weighted by Crippen LogP contribution is 2.37. The van der Waals surface area contributed by atoms with Crippen molar-refractivity contribution >= 4 is 28.6 Å². The summed E-state index contributed by atoms with van der Waals surface area (Å²) in [6.07, 6.45) is -0.774. The van der Waals surface area contributed by atoms with Crippen LogP contribution < -0.4 is 15.8 Å². The molecule has 0 saturated heterocycles. The largest absolute Gasteiger partial charge is 0.489 e. The highest BCUT2D eigenvalue weighted by Gasteiger charge is 2.18. The van der Waals surface area contributed by atoms with Crippen LogP contribution in [0.1, 0.15) is 26.5 Å². The van der Waals surface area contributed by atoms with Gasteiger partial charge in [0.15, 0.2) is 16.6 Å². The number of aromatic nitrogens is 3. The van der Waals surface area contributed by atoms with Gasteiger partial charge in [-0.1, -0.05) is 22.9 Å². The van der Waals surface area contributed by atoms with E-state index < -0.39 is 18.0 Å². The summed E-state index contributed by atoms with van der Waals surface area (Å²) in [5.41, 5.74) is 8.59. The van der Waals surface area contributed by atoms with Gasteiger partial charge in [0.25, 0.3) is 0 Å². The van der Waals surface area contributed by atoms with E-state index in [-0.39, 0.29) is 23.4 Å². The number of ether oxygens (including phenoxy) is 1. The van der Waals surface area contributed by atoms with Gasteiger partial charge in [-0.05, 0) is 45.9 Å². The Hall–Kier alpha value is -2.33. The van der Waals surface area contributed by atoms with Gasteiger partial charge in [0, 0.05) is 29.1 Å². The number of rotatable bonds is 8. The molecule has 0 aliphatic heterocycles. The second-order valence-corrected chi connectivity index (χ2v) is 8.96. The number of anilines is 1. The van der Waals surface area contributed by atoms with Crippen molar-refractivity contribution < 1.29 is 14.2 Å². The van der Waals surface area contributed by atoms with Crippen LogP contribution in [0.25, 0.3) is 21.3 Å². The number of hydrogen-bond acceptors (Lipinski definition) is 8. The molecule has 4 N–H and O–H groups in total. The third kappa shape index (κ3) is 5.88. The zero-order chi connectivity index (χ0) is 22.7. The fourth-order valence-electron chi connectivity index (χ4n) is 2.76. The first-order chi connectivity index (χ1) is 14.6. The van der Waals surface area contributed by atoms with Crippen LogP contribution >= 0.6 is 22.9 Å². The summed E-state index contributed by atoms with van der Waals surface area (Å²) in [6.45, 7) is 7.52. The van der Waals surface area contributed by atoms with Gasteiger partial charge in [0.1, 0.15) is 17.3 Å². The molecule has 2 heterocycles. The van der Waals surface area contributed by atoms with E-state index in [1.54, 1.807) is 6.92 Å². The zero-order valence-corrected chi connectivity index (χ0v) is 19.3. The van der Waals surface area contributed by atoms with E-state index in [4.69, 9.17) is 22.1 Å². The average molecular weight is 466 g/mol. The summed E-state index contributed by atoms with van der Waals surface area (Å²) in [7, 11) is 0. The molecule has 0 radical (unpaired) electrons. The first-order valence-corrected chi connectivity index (χ1v) is 11.0. The van der Waals surface area contributed by atoms with Crippen molar-refractivity contribution in [3.63, 3.8) is 0 Å². The molecule has 10 heteroatoms. The van der Waals surface area contributed by atoms with Crippen molar-refractivity contribution in [2.45, 2.75) is 45.9 Å². The summed E-state index contributed by atoms with van der Waals surface area (Å²) in [5, 5.41) is 22.5. The number of hydrogen-bond donors (Lipinski definition) is 3. The Morgan fingerprint density at radius 3 is 2.58 bits per heavy atom. The van der Waals surface area contributed by atoms with Crippen LogP contribution in [-0.2, 0) is 0 Å². The summed E-state index contributed by atoms with van der Waals surface area (Å²) >= 11 is 7.63. The Morgan fingerprint density at radius 1 is 1.19 bits per heavy atom. The van der Waals surface area contributed by atoms with Crippen molar-refractivity contribution in [3.05, 3.63) is 40.8 Å². The smallest absolute Gasteiger partial charge is 0.166 e. The maximum absolute atomic E-state index is 14.6. The van der Waals surface area contributed by atoms with Gasteiger partial charge in [-0.2, -0.15) is 0 Å². The van der Waals surface area contributed by atoms with Crippen LogP contribution in [0.5, 0.6) is 5.75 Å². The molecule has 2 aromatic heterocycles. The number of aryl methyl sites for hydroxylation is 1. The summed E-state index contributed by atoms with van der Waals surface area (Å²) < 4.78 is 19.9. The number of aliphatic hydroxyl groups is 1. The van der Waals surface area contributed by atoms with Crippen molar-refractivity contribution in [1.82, 2.24) is 15.2 Å². The van der Waals surface area contributed by atoms with Crippen LogP contribution in [0.15, 0.2) is 24.3 Å². The SMILES string of the molecule is Cc1cc(NC(C)C)cc(-c2nnc(-c3cc(F)c(OC[C@H](N)[C@H](C)O)cc3Cl)s2)n1. The van der Waals surface area contributed by atoms with Crippen LogP contribution in [0, 0.1) is 12.7 Å². The molecule has 2 atom stereocenters. The number of nitrogens with zero attached hydrogens (tertiary/aromatic N) is 3. The minimum Gasteiger partial charge on any atom is -0.489 e. The van der Waals surface area contributed by atoms with E-state index in [0.29, 0.717) is 21.3 Å². The van der Waals surface area contributed by atoms with Gasteiger partial charge in [-0.25, -0.2) is 4.39 Å². The van der Waals surface area contributed by atoms with Gasteiger partial charge in [-0.3, -0.25) is 4.98 Å². The predicted octanol–water partition coefficient (Wildman–Crippen LogP) is 4.28. The molecular weight excluding hydrogens is 441 g/mol. The Balaban J connectivity index is 1.86. The standard InChI is InChI=1S/C21H25ClFN5O2S/c1-10(2)25-13-5-11(3)26-18(6-13)21-28-27-20(31-21)14-7-16(23)19(8-15(14)22)30-9-17(24)12(4)29/h5-8,10,12,17,29H,9,24H2,1-4H3,(H,25,26)/t12-,17-/m0/s1. The normalized spacial score (nSPS) is 13.3. The number of halogens is 2. The third-order valence-corrected chi connectivity index (χ3v) is 5.65. The van der Waals surface area contributed by atoms with Gasteiger partial charge in [0.05, 0.1) is 17.2 Å². The quantitative estimate of drug-likeness (QED) is 0.456. The number of aliphatic hydroxyl groups excluding tert-OH is 1. The lowest BCUT2D eigenvalue weighted by atomic mass is 10.2. The fourth-order valence-corrected chi connectivity index (χ4v) is 3.89. The van der Waals surface area contributed by atoms with Gasteiger partial charge >= 0.3 is 0 Å². The summed E-state index contributed by atoms with van der Waals surface area (Å²) in [4.78, 5) is 4.54. The minimum atomic E-state index is -0.774. The molecule has 0 amide bonds. The second-order valence-electron chi connectivity index (χ2n) is 7.57. The van der Waals surface area contributed by atoms with Crippen molar-refractivity contribution in [1.29, 1.82) is 0 Å². The van der Waals surface area contributed by atoms with Gasteiger partial charge in [-0.15, -0.1) is 10.2 Å². The third-order valence-electron chi connectivity index (χ3n) is 4.36. The molecule has 3 aromatic rings. The molecule has 0 spiro atoms. The number of nitrogens with two attached hydrogens (primary N) is 1. The lowest BCUT2D eigenvalue weighted by Gasteiger charge is -2.16. The van der Waals surface area contributed by atoms with Crippen LogP contribution in [0.4, 0.5) is 10.1 Å². The van der Waals surface area contributed by atoms with E-state index in [2.05, 4.69) is 34.3 Å². The van der Waals surface area contributed by atoms with Gasteiger partial charge < -0.3 is 20.9 Å². The molecule has 0 fully saturated rings. The Kier molecular flexibility index (Phi) is 7.42. The number of nitrogens with one attached hydrogen (secondary N) is 1. The minimum absolute atomic E-state index is 0.0423. The molecule has 0 saturated carbocycles. The monoisotopic (exact) mass is 465 g/mol. The van der Waals surface area contributed by atoms with E-state index >= 15 is 0 Å². The molecule has 0 unspecified atom stereocenters. The predicted molar refractivity (Wildman–Crippen MR) is 122 cm³/mol. The van der Waals surface area contributed by atoms with E-state index in [1.165, 1.54) is 23.5 Å². The van der Waals surface area contributed by atoms with Gasteiger partial charge in [0.2, 0.25) is 0 Å². The van der Waals surface area contributed by atoms with Crippen LogP contribution in [0.3, 0.4) is 0 Å². The maximum Gasteiger partial charge on any atom is 0.166 e. The van der Waals surface area contributed by atoms with Crippen molar-refractivity contribution in [3.8, 4) is 27.0 Å². The molecule has 0 aliphatic rings. The van der Waals surface area contributed by atoms with E-state index in [9.17, 15) is 9.50 Å². The topological polar surface area (TPSA) is 106 Å². The molecule has 166 valence electrons. The number of benzene rings is 1. The molecular formula is C21H25ClFN5O2S. The number of pyridine rings is 1. The second kappa shape index (κ2) is 9.86. The molecule has 0 aliphatic carbocycles. The van der Waals surface area contributed by atoms with Crippen LogP contribution in [-0.4, -0.2) is 45.1 Å². The molecule has 3 rings (SSSR count). The highest BCUT2D eigenvalue weighted by atomic mass is 35.5. The maximum atomic E-state index is 14.6. The summed E-state index contributed by atoms with van der Waals surface area (Å²) in [6, 6.07) is 6.13. The average Bonchev–Trinajstić information content (AvgIpc) is 3.17. The molecule has 7 nitrogen and oxygen atoms in total. The van der Waals surface area contributed by atoms with E-state index in [0.717, 1.165) is 11.4 Å². The molecule has 31 heavy (non-hydrogen) atoms. The lowest BCUT2D eigenvalue weighted by molar-refractivity contribution is 0.129. The highest BCUT2D eigenvalue weighted by molar-refractivity contribution is 7.18. The van der Waals surface area contributed by atoms with Crippen molar-refractivity contribution in [2.75, 3.05) is 11.9 Å². The Morgan fingerprint density at radius 2 is 1.90 bits per heavy atom.